The fraction of sp³-hybridized carbons (Fsp3) is 0.154. The zero-order chi connectivity index (χ0) is 23.6. The summed E-state index contributed by atoms with van der Waals surface area (Å²) in [4.78, 5) is 24.8. The lowest BCUT2D eigenvalue weighted by Crippen LogP contribution is -2.15. The number of carbonyl (C=O) groups is 2. The van der Waals surface area contributed by atoms with Crippen molar-refractivity contribution in [3.63, 3.8) is 0 Å². The summed E-state index contributed by atoms with van der Waals surface area (Å²) in [5.41, 5.74) is 3.40. The highest BCUT2D eigenvalue weighted by Crippen LogP contribution is 2.26. The van der Waals surface area contributed by atoms with E-state index < -0.39 is 0 Å². The van der Waals surface area contributed by atoms with Crippen molar-refractivity contribution in [2.75, 3.05) is 16.4 Å². The summed E-state index contributed by atoms with van der Waals surface area (Å²) in [5, 5.41) is 14.3. The number of rotatable bonds is 10. The molecule has 0 fully saturated rings. The average molecular weight is 489 g/mol. The van der Waals surface area contributed by atoms with Crippen LogP contribution in [0.1, 0.15) is 27.9 Å². The van der Waals surface area contributed by atoms with Gasteiger partial charge in [-0.3, -0.25) is 14.9 Å². The first-order valence-electron chi connectivity index (χ1n) is 10.9. The average Bonchev–Trinajstić information content (AvgIpc) is 3.30. The molecule has 8 heteroatoms. The van der Waals surface area contributed by atoms with E-state index in [1.54, 1.807) is 36.0 Å². The number of nitrogens with one attached hydrogen (secondary N) is 2. The molecule has 34 heavy (non-hydrogen) atoms. The third-order valence-electron chi connectivity index (χ3n) is 4.94. The molecule has 6 nitrogen and oxygen atoms in total. The highest BCUT2D eigenvalue weighted by molar-refractivity contribution is 8.01. The van der Waals surface area contributed by atoms with Crippen molar-refractivity contribution in [2.24, 2.45) is 0 Å². The van der Waals surface area contributed by atoms with Gasteiger partial charge in [-0.1, -0.05) is 83.8 Å². The maximum absolute atomic E-state index is 12.5. The minimum Gasteiger partial charge on any atom is -0.326 e. The molecule has 0 atom stereocenters. The van der Waals surface area contributed by atoms with E-state index in [0.29, 0.717) is 22.8 Å². The number of carbonyl (C=O) groups excluding carboxylic acids is 2. The van der Waals surface area contributed by atoms with E-state index in [1.165, 1.54) is 16.9 Å². The highest BCUT2D eigenvalue weighted by Gasteiger charge is 2.11. The van der Waals surface area contributed by atoms with Crippen LogP contribution in [-0.4, -0.2) is 27.8 Å². The van der Waals surface area contributed by atoms with Gasteiger partial charge in [0, 0.05) is 17.0 Å². The van der Waals surface area contributed by atoms with Gasteiger partial charge in [-0.05, 0) is 48.2 Å². The number of nitrogens with zero attached hydrogens (tertiary/aromatic N) is 2. The van der Waals surface area contributed by atoms with Crippen molar-refractivity contribution in [1.29, 1.82) is 0 Å². The normalized spacial score (nSPS) is 10.6. The number of aromatic nitrogens is 2. The fourth-order valence-corrected chi connectivity index (χ4v) is 5.02. The minimum atomic E-state index is -0.265. The van der Waals surface area contributed by atoms with Gasteiger partial charge < -0.3 is 5.32 Å². The van der Waals surface area contributed by atoms with Gasteiger partial charge in [-0.2, -0.15) is 0 Å². The van der Waals surface area contributed by atoms with Gasteiger partial charge >= 0.3 is 0 Å². The topological polar surface area (TPSA) is 84.0 Å². The van der Waals surface area contributed by atoms with Crippen LogP contribution in [0.3, 0.4) is 0 Å². The van der Waals surface area contributed by atoms with E-state index >= 15 is 0 Å². The molecule has 4 rings (SSSR count). The Morgan fingerprint density at radius 1 is 0.794 bits per heavy atom. The molecule has 0 spiro atoms. The molecule has 2 amide bonds. The van der Waals surface area contributed by atoms with Crippen LogP contribution in [0.25, 0.3) is 0 Å². The van der Waals surface area contributed by atoms with E-state index in [2.05, 4.69) is 45.1 Å². The van der Waals surface area contributed by atoms with Crippen LogP contribution in [0.4, 0.5) is 10.8 Å². The van der Waals surface area contributed by atoms with Crippen molar-refractivity contribution in [3.05, 3.63) is 102 Å². The van der Waals surface area contributed by atoms with Crippen molar-refractivity contribution >= 4 is 45.7 Å². The Kier molecular flexibility index (Phi) is 8.43. The molecule has 0 radical (unpaired) electrons. The predicted molar refractivity (Wildman–Crippen MR) is 139 cm³/mol. The Hall–Kier alpha value is -3.49. The quantitative estimate of drug-likeness (QED) is 0.170. The van der Waals surface area contributed by atoms with Crippen molar-refractivity contribution in [1.82, 2.24) is 10.2 Å². The smallest absolute Gasteiger partial charge is 0.257 e. The molecule has 0 aliphatic carbocycles. The number of hydrogen-bond acceptors (Lipinski definition) is 6. The Labute approximate surface area is 206 Å². The summed E-state index contributed by atoms with van der Waals surface area (Å²) in [6, 6.07) is 26.7. The van der Waals surface area contributed by atoms with Gasteiger partial charge in [-0.25, -0.2) is 0 Å². The lowest BCUT2D eigenvalue weighted by molar-refractivity contribution is -0.115. The maximum atomic E-state index is 12.5. The molecular weight excluding hydrogens is 464 g/mol. The summed E-state index contributed by atoms with van der Waals surface area (Å²) in [6.45, 7) is 0. The van der Waals surface area contributed by atoms with Crippen molar-refractivity contribution < 1.29 is 9.59 Å². The van der Waals surface area contributed by atoms with E-state index in [0.717, 1.165) is 28.5 Å². The van der Waals surface area contributed by atoms with Crippen LogP contribution >= 0.6 is 23.1 Å². The molecule has 4 aromatic rings. The Balaban J connectivity index is 1.22. The summed E-state index contributed by atoms with van der Waals surface area (Å²) in [6.07, 6.45) is 2.37. The highest BCUT2D eigenvalue weighted by atomic mass is 32.2. The molecule has 2 N–H and O–H groups in total. The molecule has 0 bridgehead atoms. The standard InChI is InChI=1S/C26H24N4O2S2/c31-23(18-20-10-5-2-6-11-20)27-22-15-13-21(14-16-22)24(32)28-25-29-30-26(34-25)33-17-7-12-19-8-3-1-4-9-19/h1-6,8-11,13-16H,7,12,17-18H2,(H,27,31)(H,28,29,32). The number of thioether (sulfide) groups is 1. The largest absolute Gasteiger partial charge is 0.326 e. The Morgan fingerprint density at radius 2 is 1.47 bits per heavy atom. The third kappa shape index (κ3) is 7.26. The van der Waals surface area contributed by atoms with Gasteiger partial charge in [0.25, 0.3) is 5.91 Å². The molecular formula is C26H24N4O2S2. The first kappa shape index (κ1) is 23.7. The van der Waals surface area contributed by atoms with Gasteiger partial charge in [0.2, 0.25) is 11.0 Å². The van der Waals surface area contributed by atoms with Gasteiger partial charge in [0.15, 0.2) is 4.34 Å². The monoisotopic (exact) mass is 488 g/mol. The zero-order valence-corrected chi connectivity index (χ0v) is 20.1. The molecule has 172 valence electrons. The molecule has 0 aliphatic heterocycles. The second kappa shape index (κ2) is 12.1. The SMILES string of the molecule is O=C(Cc1ccccc1)Nc1ccc(C(=O)Nc2nnc(SCCCc3ccccc3)s2)cc1. The van der Waals surface area contributed by atoms with Gasteiger partial charge in [0.05, 0.1) is 6.42 Å². The Bertz CT molecular complexity index is 1210. The number of hydrogen-bond donors (Lipinski definition) is 2. The Morgan fingerprint density at radius 3 is 2.18 bits per heavy atom. The van der Waals surface area contributed by atoms with Crippen LogP contribution in [-0.2, 0) is 17.6 Å². The van der Waals surface area contributed by atoms with Gasteiger partial charge in [-0.15, -0.1) is 10.2 Å². The second-order valence-electron chi connectivity index (χ2n) is 7.55. The van der Waals surface area contributed by atoms with Gasteiger partial charge in [0.1, 0.15) is 0 Å². The molecule has 0 saturated heterocycles. The first-order valence-corrected chi connectivity index (χ1v) is 12.7. The number of amides is 2. The number of aryl methyl sites for hydroxylation is 1. The van der Waals surface area contributed by atoms with E-state index in [9.17, 15) is 9.59 Å². The molecule has 0 aliphatic rings. The van der Waals surface area contributed by atoms with E-state index in [-0.39, 0.29) is 11.8 Å². The lowest BCUT2D eigenvalue weighted by Gasteiger charge is -2.07. The van der Waals surface area contributed by atoms with Crippen LogP contribution in [0.15, 0.2) is 89.3 Å². The molecule has 3 aromatic carbocycles. The van der Waals surface area contributed by atoms with Crippen LogP contribution in [0.5, 0.6) is 0 Å². The molecule has 0 unspecified atom stereocenters. The van der Waals surface area contributed by atoms with Crippen LogP contribution in [0, 0.1) is 0 Å². The molecule has 1 heterocycles. The van der Waals surface area contributed by atoms with Crippen molar-refractivity contribution in [3.8, 4) is 0 Å². The lowest BCUT2D eigenvalue weighted by atomic mass is 10.1. The minimum absolute atomic E-state index is 0.106. The van der Waals surface area contributed by atoms with E-state index in [4.69, 9.17) is 0 Å². The van der Waals surface area contributed by atoms with Crippen molar-refractivity contribution in [2.45, 2.75) is 23.6 Å². The zero-order valence-electron chi connectivity index (χ0n) is 18.4. The molecule has 1 aromatic heterocycles. The summed E-state index contributed by atoms with van der Waals surface area (Å²) in [7, 11) is 0. The van der Waals surface area contributed by atoms with Crippen LogP contribution in [0.2, 0.25) is 0 Å². The first-order chi connectivity index (χ1) is 16.7. The predicted octanol–water partition coefficient (Wildman–Crippen LogP) is 5.70. The number of anilines is 2. The maximum Gasteiger partial charge on any atom is 0.257 e. The van der Waals surface area contributed by atoms with Crippen LogP contribution < -0.4 is 10.6 Å². The third-order valence-corrected chi connectivity index (χ3v) is 7.00. The summed E-state index contributed by atoms with van der Waals surface area (Å²) < 4.78 is 0.833. The second-order valence-corrected chi connectivity index (χ2v) is 9.87. The summed E-state index contributed by atoms with van der Waals surface area (Å²) >= 11 is 3.01. The van der Waals surface area contributed by atoms with E-state index in [1.807, 2.05) is 36.4 Å². The summed E-state index contributed by atoms with van der Waals surface area (Å²) in [5.74, 6) is 0.569. The number of benzene rings is 3. The molecule has 0 saturated carbocycles. The fourth-order valence-electron chi connectivity index (χ4n) is 3.26.